The Bertz CT molecular complexity index is 1020. The zero-order valence-corrected chi connectivity index (χ0v) is 16.7. The van der Waals surface area contributed by atoms with Crippen molar-refractivity contribution in [3.63, 3.8) is 0 Å². The Hall–Kier alpha value is -2.43. The maximum Gasteiger partial charge on any atom is 0.446 e. The molecule has 0 fully saturated rings. The highest BCUT2D eigenvalue weighted by Gasteiger charge is 2.29. The predicted molar refractivity (Wildman–Crippen MR) is 103 cm³/mol. The first-order valence-electron chi connectivity index (χ1n) is 7.70. The lowest BCUT2D eigenvalue weighted by atomic mass is 10.2. The van der Waals surface area contributed by atoms with E-state index in [1.54, 1.807) is 0 Å². The topological polar surface area (TPSA) is 77.3 Å². The third-order valence-corrected chi connectivity index (χ3v) is 4.75. The maximum absolute atomic E-state index is 12.4. The SMILES string of the molecule is COc1c(Cl)cc(-c2nnc(NC(=O)c3ccc(SC(F)(F)F)cc3)o2)cc1Cl. The first-order chi connectivity index (χ1) is 13.7. The summed E-state index contributed by atoms with van der Waals surface area (Å²) in [4.78, 5) is 12.2. The van der Waals surface area contributed by atoms with E-state index in [0.717, 1.165) is 0 Å². The van der Waals surface area contributed by atoms with Crippen molar-refractivity contribution in [1.29, 1.82) is 0 Å². The second-order valence-electron chi connectivity index (χ2n) is 5.41. The van der Waals surface area contributed by atoms with Crippen LogP contribution in [0.25, 0.3) is 11.5 Å². The number of carbonyl (C=O) groups excluding carboxylic acids is 1. The Morgan fingerprint density at radius 3 is 2.31 bits per heavy atom. The van der Waals surface area contributed by atoms with Crippen LogP contribution in [0.5, 0.6) is 5.75 Å². The first kappa shape index (κ1) is 21.3. The van der Waals surface area contributed by atoms with Crippen molar-refractivity contribution in [3.8, 4) is 17.2 Å². The summed E-state index contributed by atoms with van der Waals surface area (Å²) in [7, 11) is 1.42. The molecule has 1 N–H and O–H groups in total. The molecule has 0 atom stereocenters. The fraction of sp³-hybridized carbons (Fsp3) is 0.118. The number of anilines is 1. The largest absolute Gasteiger partial charge is 0.494 e. The number of hydrogen-bond donors (Lipinski definition) is 1. The van der Waals surface area contributed by atoms with Gasteiger partial charge in [-0.25, -0.2) is 0 Å². The Balaban J connectivity index is 1.72. The molecule has 3 aromatic rings. The van der Waals surface area contributed by atoms with E-state index in [-0.39, 0.29) is 49.9 Å². The van der Waals surface area contributed by atoms with E-state index in [4.69, 9.17) is 32.4 Å². The summed E-state index contributed by atoms with van der Waals surface area (Å²) in [6.45, 7) is 0. The molecule has 3 rings (SSSR count). The molecule has 6 nitrogen and oxygen atoms in total. The minimum atomic E-state index is -4.41. The van der Waals surface area contributed by atoms with Gasteiger partial charge in [-0.2, -0.15) is 13.2 Å². The third-order valence-electron chi connectivity index (χ3n) is 3.44. The van der Waals surface area contributed by atoms with Gasteiger partial charge in [0, 0.05) is 16.0 Å². The van der Waals surface area contributed by atoms with Crippen LogP contribution in [0, 0.1) is 0 Å². The molecular weight excluding hydrogens is 454 g/mol. The number of alkyl halides is 3. The molecule has 0 saturated heterocycles. The van der Waals surface area contributed by atoms with Crippen molar-refractivity contribution >= 4 is 46.9 Å². The Morgan fingerprint density at radius 2 is 1.76 bits per heavy atom. The Kier molecular flexibility index (Phi) is 6.25. The standard InChI is InChI=1S/C17H10Cl2F3N3O3S/c1-27-13-11(18)6-9(7-12(13)19)15-24-25-16(28-15)23-14(26)8-2-4-10(5-3-8)29-17(20,21)22/h2-7H,1H3,(H,23,25,26). The molecule has 0 saturated carbocycles. The van der Waals surface area contributed by atoms with E-state index in [1.807, 2.05) is 0 Å². The van der Waals surface area contributed by atoms with Gasteiger partial charge in [-0.05, 0) is 48.2 Å². The smallest absolute Gasteiger partial charge is 0.446 e. The Morgan fingerprint density at radius 1 is 1.14 bits per heavy atom. The molecule has 29 heavy (non-hydrogen) atoms. The monoisotopic (exact) mass is 463 g/mol. The molecular formula is C17H10Cl2F3N3O3S. The van der Waals surface area contributed by atoms with Gasteiger partial charge in [-0.15, -0.1) is 5.10 Å². The van der Waals surface area contributed by atoms with Crippen molar-refractivity contribution in [2.24, 2.45) is 0 Å². The van der Waals surface area contributed by atoms with Crippen molar-refractivity contribution in [2.75, 3.05) is 12.4 Å². The zero-order valence-electron chi connectivity index (χ0n) is 14.4. The van der Waals surface area contributed by atoms with Gasteiger partial charge < -0.3 is 9.15 Å². The molecule has 0 radical (unpaired) electrons. The van der Waals surface area contributed by atoms with Crippen LogP contribution in [0.4, 0.5) is 19.2 Å². The van der Waals surface area contributed by atoms with Crippen LogP contribution >= 0.6 is 35.0 Å². The summed E-state index contributed by atoms with van der Waals surface area (Å²) < 4.78 is 47.5. The van der Waals surface area contributed by atoms with Crippen LogP contribution in [0.1, 0.15) is 10.4 Å². The van der Waals surface area contributed by atoms with Crippen LogP contribution in [-0.4, -0.2) is 28.7 Å². The van der Waals surface area contributed by atoms with Crippen LogP contribution in [0.15, 0.2) is 45.7 Å². The summed E-state index contributed by atoms with van der Waals surface area (Å²) >= 11 is 11.9. The molecule has 152 valence electrons. The lowest BCUT2D eigenvalue weighted by Gasteiger charge is -2.06. The van der Waals surface area contributed by atoms with Gasteiger partial charge in [0.15, 0.2) is 5.75 Å². The fourth-order valence-corrected chi connectivity index (χ4v) is 3.43. The van der Waals surface area contributed by atoms with Gasteiger partial charge in [-0.3, -0.25) is 10.1 Å². The van der Waals surface area contributed by atoms with Gasteiger partial charge in [0.2, 0.25) is 5.89 Å². The number of nitrogens with zero attached hydrogens (tertiary/aromatic N) is 2. The van der Waals surface area contributed by atoms with Gasteiger partial charge in [0.25, 0.3) is 5.91 Å². The van der Waals surface area contributed by atoms with E-state index in [9.17, 15) is 18.0 Å². The molecule has 0 spiro atoms. The second-order valence-corrected chi connectivity index (χ2v) is 7.36. The number of nitrogens with one attached hydrogen (secondary N) is 1. The van der Waals surface area contributed by atoms with Crippen molar-refractivity contribution in [3.05, 3.63) is 52.0 Å². The zero-order chi connectivity index (χ0) is 21.2. The van der Waals surface area contributed by atoms with Crippen LogP contribution in [-0.2, 0) is 0 Å². The van der Waals surface area contributed by atoms with E-state index >= 15 is 0 Å². The first-order valence-corrected chi connectivity index (χ1v) is 9.27. The Labute approximate surface area is 176 Å². The quantitative estimate of drug-likeness (QED) is 0.473. The van der Waals surface area contributed by atoms with Gasteiger partial charge in [0.1, 0.15) is 0 Å². The highest BCUT2D eigenvalue weighted by atomic mass is 35.5. The minimum absolute atomic E-state index is 0.0395. The minimum Gasteiger partial charge on any atom is -0.494 e. The van der Waals surface area contributed by atoms with E-state index in [2.05, 4.69) is 15.5 Å². The third kappa shape index (κ3) is 5.34. The average molecular weight is 464 g/mol. The van der Waals surface area contributed by atoms with Crippen LogP contribution in [0.3, 0.4) is 0 Å². The molecule has 0 bridgehead atoms. The number of amides is 1. The molecule has 1 amide bonds. The summed E-state index contributed by atoms with van der Waals surface area (Å²) in [5, 5.41) is 10.3. The average Bonchev–Trinajstić information content (AvgIpc) is 3.09. The van der Waals surface area contributed by atoms with Gasteiger partial charge in [0.05, 0.1) is 17.2 Å². The number of ether oxygens (including phenoxy) is 1. The molecule has 0 unspecified atom stereocenters. The van der Waals surface area contributed by atoms with Crippen molar-refractivity contribution < 1.29 is 27.1 Å². The highest BCUT2D eigenvalue weighted by Crippen LogP contribution is 2.38. The van der Waals surface area contributed by atoms with E-state index in [0.29, 0.717) is 5.56 Å². The molecule has 1 heterocycles. The number of thioether (sulfide) groups is 1. The fourth-order valence-electron chi connectivity index (χ4n) is 2.25. The summed E-state index contributed by atoms with van der Waals surface area (Å²) in [5.74, 6) is -0.296. The highest BCUT2D eigenvalue weighted by molar-refractivity contribution is 8.00. The molecule has 0 aliphatic rings. The van der Waals surface area contributed by atoms with Crippen molar-refractivity contribution in [1.82, 2.24) is 10.2 Å². The number of hydrogen-bond acceptors (Lipinski definition) is 6. The summed E-state index contributed by atoms with van der Waals surface area (Å²) in [6.07, 6.45) is 0. The van der Waals surface area contributed by atoms with Crippen molar-refractivity contribution in [2.45, 2.75) is 10.4 Å². The summed E-state index contributed by atoms with van der Waals surface area (Å²) in [5.41, 5.74) is -3.88. The van der Waals surface area contributed by atoms with E-state index in [1.165, 1.54) is 43.5 Å². The number of halogens is 5. The number of benzene rings is 2. The second kappa shape index (κ2) is 8.52. The summed E-state index contributed by atoms with van der Waals surface area (Å²) in [6, 6.07) is 7.68. The molecule has 2 aromatic carbocycles. The molecule has 0 aliphatic heterocycles. The van der Waals surface area contributed by atoms with Crippen LogP contribution in [0.2, 0.25) is 10.0 Å². The predicted octanol–water partition coefficient (Wildman–Crippen LogP) is 5.92. The van der Waals surface area contributed by atoms with E-state index < -0.39 is 11.4 Å². The lowest BCUT2D eigenvalue weighted by Crippen LogP contribution is -2.12. The number of methoxy groups -OCH3 is 1. The normalized spacial score (nSPS) is 11.4. The van der Waals surface area contributed by atoms with Gasteiger partial charge in [-0.1, -0.05) is 28.3 Å². The number of carbonyl (C=O) groups is 1. The molecule has 12 heteroatoms. The molecule has 0 aliphatic carbocycles. The lowest BCUT2D eigenvalue weighted by molar-refractivity contribution is -0.0328. The molecule has 1 aromatic heterocycles. The number of rotatable bonds is 5. The van der Waals surface area contributed by atoms with Gasteiger partial charge >= 0.3 is 11.5 Å². The maximum atomic E-state index is 12.4. The number of aromatic nitrogens is 2. The van der Waals surface area contributed by atoms with Crippen LogP contribution < -0.4 is 10.1 Å².